The van der Waals surface area contributed by atoms with Gasteiger partial charge >= 0.3 is 0 Å². The van der Waals surface area contributed by atoms with Gasteiger partial charge in [-0.15, -0.1) is 0 Å². The first-order valence-corrected chi connectivity index (χ1v) is 5.96. The fourth-order valence-corrected chi connectivity index (χ4v) is 1.31. The van der Waals surface area contributed by atoms with Crippen LogP contribution < -0.4 is 10.9 Å². The summed E-state index contributed by atoms with van der Waals surface area (Å²) in [5.74, 6) is -0.268. The molecule has 1 N–H and O–H groups in total. The third-order valence-corrected chi connectivity index (χ3v) is 2.60. The van der Waals surface area contributed by atoms with Crippen LogP contribution in [0.4, 0.5) is 0 Å². The smallest absolute Gasteiger partial charge is 0.271 e. The largest absolute Gasteiger partial charge is 0.383 e. The SMILES string of the molecule is CCC(C)NC(=O)c1ccc(=O)n(CCOC)n1. The fourth-order valence-electron chi connectivity index (χ4n) is 1.31. The number of hydrogen-bond donors (Lipinski definition) is 1. The zero-order chi connectivity index (χ0) is 13.5. The van der Waals surface area contributed by atoms with Gasteiger partial charge in [-0.25, -0.2) is 4.68 Å². The van der Waals surface area contributed by atoms with Gasteiger partial charge in [-0.1, -0.05) is 6.92 Å². The number of hydrogen-bond acceptors (Lipinski definition) is 4. The van der Waals surface area contributed by atoms with E-state index in [-0.39, 0.29) is 23.2 Å². The van der Waals surface area contributed by atoms with E-state index in [1.165, 1.54) is 16.8 Å². The second-order valence-corrected chi connectivity index (χ2v) is 4.06. The predicted octanol–water partition coefficient (Wildman–Crippen LogP) is 0.418. The molecule has 0 saturated carbocycles. The topological polar surface area (TPSA) is 73.2 Å². The van der Waals surface area contributed by atoms with Crippen molar-refractivity contribution in [1.82, 2.24) is 15.1 Å². The minimum atomic E-state index is -0.268. The van der Waals surface area contributed by atoms with Gasteiger partial charge in [0.2, 0.25) is 0 Å². The van der Waals surface area contributed by atoms with Crippen LogP contribution in [0, 0.1) is 0 Å². The van der Waals surface area contributed by atoms with E-state index >= 15 is 0 Å². The molecular weight excluding hydrogens is 234 g/mol. The van der Waals surface area contributed by atoms with E-state index < -0.39 is 0 Å². The lowest BCUT2D eigenvalue weighted by Crippen LogP contribution is -2.34. The highest BCUT2D eigenvalue weighted by atomic mass is 16.5. The summed E-state index contributed by atoms with van der Waals surface area (Å²) in [6.45, 7) is 4.61. The molecule has 1 aromatic heterocycles. The van der Waals surface area contributed by atoms with Crippen LogP contribution >= 0.6 is 0 Å². The van der Waals surface area contributed by atoms with E-state index in [0.717, 1.165) is 6.42 Å². The van der Waals surface area contributed by atoms with Crippen LogP contribution in [0.1, 0.15) is 30.8 Å². The molecule has 0 spiro atoms. The number of carbonyl (C=O) groups is 1. The predicted molar refractivity (Wildman–Crippen MR) is 67.6 cm³/mol. The number of amides is 1. The van der Waals surface area contributed by atoms with Gasteiger partial charge in [0.05, 0.1) is 13.2 Å². The molecule has 0 radical (unpaired) electrons. The summed E-state index contributed by atoms with van der Waals surface area (Å²) in [5.41, 5.74) is -0.00172. The summed E-state index contributed by atoms with van der Waals surface area (Å²) in [7, 11) is 1.55. The minimum absolute atomic E-state index is 0.0821. The second kappa shape index (κ2) is 6.90. The van der Waals surface area contributed by atoms with Crippen molar-refractivity contribution in [3.05, 3.63) is 28.2 Å². The minimum Gasteiger partial charge on any atom is -0.383 e. The van der Waals surface area contributed by atoms with Gasteiger partial charge in [-0.2, -0.15) is 5.10 Å². The maximum absolute atomic E-state index is 11.8. The van der Waals surface area contributed by atoms with Gasteiger partial charge in [0.1, 0.15) is 5.69 Å². The van der Waals surface area contributed by atoms with Crippen LogP contribution in [0.2, 0.25) is 0 Å². The van der Waals surface area contributed by atoms with Crippen molar-refractivity contribution in [2.45, 2.75) is 32.9 Å². The molecule has 100 valence electrons. The average Bonchev–Trinajstić information content (AvgIpc) is 2.37. The van der Waals surface area contributed by atoms with Crippen LogP contribution in [0.15, 0.2) is 16.9 Å². The number of aromatic nitrogens is 2. The molecular formula is C12H19N3O3. The lowest BCUT2D eigenvalue weighted by molar-refractivity contribution is 0.0930. The Kier molecular flexibility index (Phi) is 5.51. The quantitative estimate of drug-likeness (QED) is 0.797. The number of rotatable bonds is 6. The van der Waals surface area contributed by atoms with E-state index in [1.807, 2.05) is 13.8 Å². The Labute approximate surface area is 106 Å². The maximum Gasteiger partial charge on any atom is 0.271 e. The molecule has 0 aliphatic rings. The van der Waals surface area contributed by atoms with Gasteiger partial charge in [0.25, 0.3) is 11.5 Å². The van der Waals surface area contributed by atoms with Gasteiger partial charge in [0.15, 0.2) is 0 Å². The van der Waals surface area contributed by atoms with Gasteiger partial charge < -0.3 is 10.1 Å². The number of ether oxygens (including phenoxy) is 1. The summed E-state index contributed by atoms with van der Waals surface area (Å²) in [6.07, 6.45) is 0.842. The van der Waals surface area contributed by atoms with Crippen molar-refractivity contribution < 1.29 is 9.53 Å². The first-order chi connectivity index (χ1) is 8.58. The van der Waals surface area contributed by atoms with Crippen molar-refractivity contribution in [2.75, 3.05) is 13.7 Å². The van der Waals surface area contributed by atoms with Gasteiger partial charge in [-0.05, 0) is 19.4 Å². The van der Waals surface area contributed by atoms with Crippen molar-refractivity contribution >= 4 is 5.91 Å². The Balaban J connectivity index is 2.83. The molecule has 1 aromatic rings. The first kappa shape index (κ1) is 14.4. The third-order valence-electron chi connectivity index (χ3n) is 2.60. The molecule has 0 saturated heterocycles. The molecule has 1 heterocycles. The number of nitrogens with zero attached hydrogens (tertiary/aromatic N) is 2. The zero-order valence-corrected chi connectivity index (χ0v) is 11.0. The Morgan fingerprint density at radius 1 is 1.56 bits per heavy atom. The highest BCUT2D eigenvalue weighted by Gasteiger charge is 2.11. The normalized spacial score (nSPS) is 12.2. The average molecular weight is 253 g/mol. The van der Waals surface area contributed by atoms with Crippen LogP contribution in [0.5, 0.6) is 0 Å². The van der Waals surface area contributed by atoms with Gasteiger partial charge in [-0.3, -0.25) is 9.59 Å². The monoisotopic (exact) mass is 253 g/mol. The summed E-state index contributed by atoms with van der Waals surface area (Å²) < 4.78 is 6.11. The van der Waals surface area contributed by atoms with Crippen LogP contribution in [-0.2, 0) is 11.3 Å². The number of carbonyl (C=O) groups excluding carboxylic acids is 1. The molecule has 6 nitrogen and oxygen atoms in total. The van der Waals surface area contributed by atoms with Crippen LogP contribution in [-0.4, -0.2) is 35.4 Å². The van der Waals surface area contributed by atoms with Crippen molar-refractivity contribution in [3.8, 4) is 0 Å². The number of methoxy groups -OCH3 is 1. The number of nitrogens with one attached hydrogen (secondary N) is 1. The van der Waals surface area contributed by atoms with E-state index in [0.29, 0.717) is 13.2 Å². The highest BCUT2D eigenvalue weighted by Crippen LogP contribution is 1.95. The molecule has 1 atom stereocenters. The first-order valence-electron chi connectivity index (χ1n) is 5.96. The lowest BCUT2D eigenvalue weighted by atomic mass is 10.2. The molecule has 6 heteroatoms. The van der Waals surface area contributed by atoms with E-state index in [4.69, 9.17) is 4.74 Å². The highest BCUT2D eigenvalue weighted by molar-refractivity contribution is 5.92. The van der Waals surface area contributed by atoms with Crippen molar-refractivity contribution in [2.24, 2.45) is 0 Å². The molecule has 18 heavy (non-hydrogen) atoms. The standard InChI is InChI=1S/C12H19N3O3/c1-4-9(2)13-12(17)10-5-6-11(16)15(14-10)7-8-18-3/h5-6,9H,4,7-8H2,1-3H3,(H,13,17). The van der Waals surface area contributed by atoms with E-state index in [1.54, 1.807) is 7.11 Å². The molecule has 0 aromatic carbocycles. The lowest BCUT2D eigenvalue weighted by Gasteiger charge is -2.11. The Bertz CT molecular complexity index is 456. The van der Waals surface area contributed by atoms with Crippen molar-refractivity contribution in [1.29, 1.82) is 0 Å². The van der Waals surface area contributed by atoms with E-state index in [2.05, 4.69) is 10.4 Å². The summed E-state index contributed by atoms with van der Waals surface area (Å²) in [4.78, 5) is 23.3. The Morgan fingerprint density at radius 2 is 2.28 bits per heavy atom. The van der Waals surface area contributed by atoms with E-state index in [9.17, 15) is 9.59 Å². The second-order valence-electron chi connectivity index (χ2n) is 4.06. The maximum atomic E-state index is 11.8. The molecule has 0 fully saturated rings. The van der Waals surface area contributed by atoms with Crippen molar-refractivity contribution in [3.63, 3.8) is 0 Å². The molecule has 0 aliphatic heterocycles. The molecule has 1 amide bonds. The molecule has 0 bridgehead atoms. The summed E-state index contributed by atoms with van der Waals surface area (Å²) in [6, 6.07) is 2.86. The summed E-state index contributed by atoms with van der Waals surface area (Å²) >= 11 is 0. The molecule has 0 aliphatic carbocycles. The Hall–Kier alpha value is -1.69. The van der Waals surface area contributed by atoms with Gasteiger partial charge in [0, 0.05) is 19.2 Å². The van der Waals surface area contributed by atoms with Crippen LogP contribution in [0.25, 0.3) is 0 Å². The Morgan fingerprint density at radius 3 is 2.89 bits per heavy atom. The summed E-state index contributed by atoms with van der Waals surface area (Å²) in [5, 5.41) is 6.81. The molecule has 1 rings (SSSR count). The zero-order valence-electron chi connectivity index (χ0n) is 11.0. The van der Waals surface area contributed by atoms with Crippen LogP contribution in [0.3, 0.4) is 0 Å². The fraction of sp³-hybridized carbons (Fsp3) is 0.583. The third kappa shape index (κ3) is 3.96. The molecule has 1 unspecified atom stereocenters.